The molecule has 1 saturated heterocycles. The van der Waals surface area contributed by atoms with Gasteiger partial charge in [0.25, 0.3) is 0 Å². The Morgan fingerprint density at radius 3 is 2.60 bits per heavy atom. The van der Waals surface area contributed by atoms with Gasteiger partial charge >= 0.3 is 5.97 Å². The molecule has 1 aromatic carbocycles. The largest absolute Gasteiger partial charge is 0.460 e. The van der Waals surface area contributed by atoms with Crippen LogP contribution in [-0.2, 0) is 24.2 Å². The Labute approximate surface area is 146 Å². The fraction of sp³-hybridized carbons (Fsp3) is 0.562. The van der Waals surface area contributed by atoms with Gasteiger partial charge in [0.15, 0.2) is 0 Å². The first-order valence-electron chi connectivity index (χ1n) is 7.98. The molecule has 1 fully saturated rings. The van der Waals surface area contributed by atoms with Crippen LogP contribution in [0.1, 0.15) is 24.2 Å². The number of esters is 1. The number of nitrogens with zero attached hydrogens (tertiary/aromatic N) is 1. The molecular weight excluding hydrogens is 353 g/mol. The fourth-order valence-corrected chi connectivity index (χ4v) is 3.75. The van der Waals surface area contributed by atoms with Crippen molar-refractivity contribution in [3.8, 4) is 0 Å². The molecule has 0 bridgehead atoms. The second kappa shape index (κ2) is 8.70. The highest BCUT2D eigenvalue weighted by Crippen LogP contribution is 2.22. The van der Waals surface area contributed by atoms with Crippen molar-refractivity contribution in [2.45, 2.75) is 24.8 Å². The second-order valence-electron chi connectivity index (χ2n) is 5.72. The van der Waals surface area contributed by atoms with Crippen LogP contribution >= 0.6 is 0 Å². The molecule has 0 N–H and O–H groups in total. The molecule has 2 rings (SSSR count). The Kier molecular flexibility index (Phi) is 6.88. The zero-order chi connectivity index (χ0) is 18.4. The zero-order valence-electron chi connectivity index (χ0n) is 14.2. The molecule has 0 radical (unpaired) electrons. The average molecular weight is 375 g/mol. The predicted molar refractivity (Wildman–Crippen MR) is 87.3 cm³/mol. The number of sulfonamides is 1. The van der Waals surface area contributed by atoms with Gasteiger partial charge in [0.05, 0.1) is 31.5 Å². The van der Waals surface area contributed by atoms with E-state index in [-0.39, 0.29) is 51.2 Å². The summed E-state index contributed by atoms with van der Waals surface area (Å²) in [5, 5.41) is 0. The molecule has 7 nitrogen and oxygen atoms in total. The van der Waals surface area contributed by atoms with Gasteiger partial charge in [-0.25, -0.2) is 17.6 Å². The molecule has 0 aliphatic carbocycles. The Bertz CT molecular complexity index is 701. The van der Waals surface area contributed by atoms with E-state index in [2.05, 4.69) is 0 Å². The van der Waals surface area contributed by atoms with E-state index < -0.39 is 26.7 Å². The summed E-state index contributed by atoms with van der Waals surface area (Å²) in [5.41, 5.74) is -0.0298. The highest BCUT2D eigenvalue weighted by molar-refractivity contribution is 7.89. The molecule has 1 aliphatic rings. The Morgan fingerprint density at radius 1 is 1.28 bits per heavy atom. The van der Waals surface area contributed by atoms with E-state index in [9.17, 15) is 17.6 Å². The first-order chi connectivity index (χ1) is 11.8. The third-order valence-electron chi connectivity index (χ3n) is 3.52. The van der Waals surface area contributed by atoms with Crippen molar-refractivity contribution in [3.63, 3.8) is 0 Å². The summed E-state index contributed by atoms with van der Waals surface area (Å²) in [5.74, 6) is -1.64. The smallest absolute Gasteiger partial charge is 0.338 e. The van der Waals surface area contributed by atoms with Gasteiger partial charge in [-0.05, 0) is 32.0 Å². The molecule has 0 spiro atoms. The van der Waals surface area contributed by atoms with E-state index in [4.69, 9.17) is 14.2 Å². The summed E-state index contributed by atoms with van der Waals surface area (Å²) in [6, 6.07) is 3.15. The maximum Gasteiger partial charge on any atom is 0.338 e. The van der Waals surface area contributed by atoms with Crippen LogP contribution < -0.4 is 0 Å². The van der Waals surface area contributed by atoms with Gasteiger partial charge in [0.2, 0.25) is 10.0 Å². The molecule has 25 heavy (non-hydrogen) atoms. The van der Waals surface area contributed by atoms with Crippen molar-refractivity contribution >= 4 is 16.0 Å². The van der Waals surface area contributed by atoms with Gasteiger partial charge in [-0.15, -0.1) is 0 Å². The highest BCUT2D eigenvalue weighted by atomic mass is 32.2. The summed E-state index contributed by atoms with van der Waals surface area (Å²) < 4.78 is 55.7. The van der Waals surface area contributed by atoms with Crippen LogP contribution in [0.4, 0.5) is 4.39 Å². The quantitative estimate of drug-likeness (QED) is 0.530. The Hall–Kier alpha value is -1.55. The topological polar surface area (TPSA) is 82.1 Å². The summed E-state index contributed by atoms with van der Waals surface area (Å²) in [6.07, 6.45) is 0.00907. The zero-order valence-corrected chi connectivity index (χ0v) is 15.1. The fourth-order valence-electron chi connectivity index (χ4n) is 2.26. The molecule has 140 valence electrons. The van der Waals surface area contributed by atoms with Crippen LogP contribution in [0, 0.1) is 5.82 Å². The van der Waals surface area contributed by atoms with Gasteiger partial charge in [-0.1, -0.05) is 0 Å². The molecule has 0 unspecified atom stereocenters. The van der Waals surface area contributed by atoms with E-state index in [0.717, 1.165) is 16.4 Å². The number of halogens is 1. The van der Waals surface area contributed by atoms with Gasteiger partial charge < -0.3 is 14.2 Å². The lowest BCUT2D eigenvalue weighted by Gasteiger charge is -2.26. The molecule has 9 heteroatoms. The number of benzene rings is 1. The van der Waals surface area contributed by atoms with Crippen molar-refractivity contribution in [2.24, 2.45) is 0 Å². The minimum absolute atomic E-state index is 0.00907. The Balaban J connectivity index is 2.12. The van der Waals surface area contributed by atoms with Gasteiger partial charge in [0, 0.05) is 13.1 Å². The maximum absolute atomic E-state index is 14.1. The van der Waals surface area contributed by atoms with Crippen molar-refractivity contribution in [3.05, 3.63) is 29.6 Å². The van der Waals surface area contributed by atoms with Gasteiger partial charge in [-0.3, -0.25) is 0 Å². The minimum atomic E-state index is -4.04. The molecule has 0 aromatic heterocycles. The van der Waals surface area contributed by atoms with Crippen molar-refractivity contribution in [1.29, 1.82) is 0 Å². The van der Waals surface area contributed by atoms with Crippen LogP contribution in [0.15, 0.2) is 23.1 Å². The Morgan fingerprint density at radius 2 is 1.96 bits per heavy atom. The average Bonchev–Trinajstić information content (AvgIpc) is 2.59. The number of hydrogen-bond acceptors (Lipinski definition) is 6. The van der Waals surface area contributed by atoms with Crippen molar-refractivity contribution < 1.29 is 31.8 Å². The predicted octanol–water partition coefficient (Wildman–Crippen LogP) is 1.43. The molecule has 1 aromatic rings. The minimum Gasteiger partial charge on any atom is -0.460 e. The molecule has 1 heterocycles. The summed E-state index contributed by atoms with van der Waals surface area (Å²) in [6.45, 7) is 4.74. The standard InChI is InChI=1S/C16H22FNO6S/c1-12(2)23-9-10-24-16(19)13-3-4-14(17)15(11-13)25(20,21)18-5-7-22-8-6-18/h3-4,11-12H,5-10H2,1-2H3. The normalized spacial score (nSPS) is 16.2. The molecular formula is C16H22FNO6S. The second-order valence-corrected chi connectivity index (χ2v) is 7.62. The summed E-state index contributed by atoms with van der Waals surface area (Å²) in [4.78, 5) is 11.5. The number of morpholine rings is 1. The first kappa shape index (κ1) is 19.8. The number of carbonyl (C=O) groups excluding carboxylic acids is 1. The lowest BCUT2D eigenvalue weighted by atomic mass is 10.2. The van der Waals surface area contributed by atoms with E-state index in [1.54, 1.807) is 0 Å². The van der Waals surface area contributed by atoms with Crippen LogP contribution in [-0.4, -0.2) is 64.3 Å². The highest BCUT2D eigenvalue weighted by Gasteiger charge is 2.29. The van der Waals surface area contributed by atoms with Gasteiger partial charge in [0.1, 0.15) is 17.3 Å². The molecule has 0 amide bonds. The first-order valence-corrected chi connectivity index (χ1v) is 9.42. The number of hydrogen-bond donors (Lipinski definition) is 0. The third kappa shape index (κ3) is 5.21. The number of carbonyl (C=O) groups is 1. The monoisotopic (exact) mass is 375 g/mol. The van der Waals surface area contributed by atoms with Crippen LogP contribution in [0.25, 0.3) is 0 Å². The molecule has 0 saturated carbocycles. The van der Waals surface area contributed by atoms with Crippen LogP contribution in [0.3, 0.4) is 0 Å². The maximum atomic E-state index is 14.1. The lowest BCUT2D eigenvalue weighted by Crippen LogP contribution is -2.41. The summed E-state index contributed by atoms with van der Waals surface area (Å²) in [7, 11) is -4.04. The summed E-state index contributed by atoms with van der Waals surface area (Å²) >= 11 is 0. The van der Waals surface area contributed by atoms with E-state index in [0.29, 0.717) is 0 Å². The van der Waals surface area contributed by atoms with Crippen molar-refractivity contribution in [2.75, 3.05) is 39.5 Å². The molecule has 1 aliphatic heterocycles. The lowest BCUT2D eigenvalue weighted by molar-refractivity contribution is 0.0176. The molecule has 0 atom stereocenters. The van der Waals surface area contributed by atoms with Crippen LogP contribution in [0.2, 0.25) is 0 Å². The SMILES string of the molecule is CC(C)OCCOC(=O)c1ccc(F)c(S(=O)(=O)N2CCOCC2)c1. The number of rotatable bonds is 7. The van der Waals surface area contributed by atoms with E-state index in [1.807, 2.05) is 13.8 Å². The number of ether oxygens (including phenoxy) is 3. The van der Waals surface area contributed by atoms with Crippen LogP contribution in [0.5, 0.6) is 0 Å². The van der Waals surface area contributed by atoms with Gasteiger partial charge in [-0.2, -0.15) is 4.31 Å². The van der Waals surface area contributed by atoms with E-state index in [1.165, 1.54) is 6.07 Å². The third-order valence-corrected chi connectivity index (χ3v) is 5.44. The van der Waals surface area contributed by atoms with E-state index >= 15 is 0 Å². The van der Waals surface area contributed by atoms with Crippen molar-refractivity contribution in [1.82, 2.24) is 4.31 Å².